The number of benzene rings is 1. The largest absolute Gasteiger partial charge is 0.513 e. The van der Waals surface area contributed by atoms with Gasteiger partial charge in [0.05, 0.1) is 28.5 Å². The van der Waals surface area contributed by atoms with Gasteiger partial charge < -0.3 is 24.6 Å². The Morgan fingerprint density at radius 1 is 1.12 bits per heavy atom. The van der Waals surface area contributed by atoms with E-state index in [0.717, 1.165) is 7.11 Å². The lowest BCUT2D eigenvalue weighted by atomic mass is 9.90. The number of carbonyl (C=O) groups is 2. The number of rotatable bonds is 3. The SMILES string of the molecule is COC(=O)OC1=C(C)NC(C)=C(OC(=O)O)C1c1cccc(Cl)c1Cl. The average molecular weight is 388 g/mol. The highest BCUT2D eigenvalue weighted by atomic mass is 35.5. The van der Waals surface area contributed by atoms with Gasteiger partial charge in [-0.3, -0.25) is 0 Å². The molecule has 1 aromatic carbocycles. The second-order valence-electron chi connectivity index (χ2n) is 5.10. The molecule has 1 unspecified atom stereocenters. The van der Waals surface area contributed by atoms with Gasteiger partial charge in [0.1, 0.15) is 17.4 Å². The van der Waals surface area contributed by atoms with E-state index in [1.54, 1.807) is 32.0 Å². The van der Waals surface area contributed by atoms with E-state index in [2.05, 4.69) is 10.1 Å². The van der Waals surface area contributed by atoms with E-state index in [9.17, 15) is 9.59 Å². The number of hydrogen-bond donors (Lipinski definition) is 2. The van der Waals surface area contributed by atoms with Crippen molar-refractivity contribution < 1.29 is 28.9 Å². The predicted molar refractivity (Wildman–Crippen MR) is 90.3 cm³/mol. The van der Waals surface area contributed by atoms with Crippen molar-refractivity contribution in [1.29, 1.82) is 0 Å². The van der Waals surface area contributed by atoms with Crippen LogP contribution in [0, 0.1) is 0 Å². The quantitative estimate of drug-likeness (QED) is 0.730. The zero-order valence-corrected chi connectivity index (χ0v) is 15.1. The summed E-state index contributed by atoms with van der Waals surface area (Å²) < 4.78 is 14.7. The van der Waals surface area contributed by atoms with Crippen molar-refractivity contribution in [2.24, 2.45) is 0 Å². The maximum Gasteiger partial charge on any atom is 0.513 e. The van der Waals surface area contributed by atoms with Crippen LogP contribution < -0.4 is 5.32 Å². The van der Waals surface area contributed by atoms with Crippen LogP contribution in [-0.2, 0) is 14.2 Å². The highest BCUT2D eigenvalue weighted by molar-refractivity contribution is 6.42. The standard InChI is InChI=1S/C16H15Cl2NO6/c1-7-13(24-15(20)21)11(9-5-4-6-10(17)12(9)18)14(8(2)19-7)25-16(22)23-3/h4-6,11,19H,1-3H3,(H,20,21). The third-order valence-corrected chi connectivity index (χ3v) is 4.32. The number of dihydropyridines is 1. The first-order chi connectivity index (χ1) is 11.8. The van der Waals surface area contributed by atoms with E-state index in [1.807, 2.05) is 0 Å². The Labute approximate surface area is 153 Å². The minimum absolute atomic E-state index is 0.0150. The number of methoxy groups -OCH3 is 1. The summed E-state index contributed by atoms with van der Waals surface area (Å²) in [5.74, 6) is -0.790. The molecule has 1 aliphatic heterocycles. The van der Waals surface area contributed by atoms with Crippen molar-refractivity contribution in [1.82, 2.24) is 5.32 Å². The van der Waals surface area contributed by atoms with Gasteiger partial charge >= 0.3 is 12.3 Å². The molecule has 1 heterocycles. The fourth-order valence-corrected chi connectivity index (χ4v) is 2.90. The Morgan fingerprint density at radius 2 is 1.72 bits per heavy atom. The van der Waals surface area contributed by atoms with E-state index >= 15 is 0 Å². The molecule has 9 heteroatoms. The summed E-state index contributed by atoms with van der Waals surface area (Å²) in [5.41, 5.74) is 1.32. The van der Waals surface area contributed by atoms with Crippen LogP contribution in [0.1, 0.15) is 25.3 Å². The van der Waals surface area contributed by atoms with Crippen LogP contribution in [0.3, 0.4) is 0 Å². The molecule has 0 aliphatic carbocycles. The Bertz CT molecular complexity index is 787. The fourth-order valence-electron chi connectivity index (χ4n) is 2.48. The molecule has 7 nitrogen and oxygen atoms in total. The van der Waals surface area contributed by atoms with E-state index in [-0.39, 0.29) is 21.6 Å². The molecule has 1 aliphatic rings. The minimum atomic E-state index is -1.52. The van der Waals surface area contributed by atoms with Gasteiger partial charge in [0.2, 0.25) is 0 Å². The maximum absolute atomic E-state index is 11.6. The number of halogens is 2. The van der Waals surface area contributed by atoms with E-state index < -0.39 is 18.2 Å². The Balaban J connectivity index is 2.65. The van der Waals surface area contributed by atoms with Gasteiger partial charge in [0.25, 0.3) is 0 Å². The van der Waals surface area contributed by atoms with Crippen molar-refractivity contribution in [3.05, 3.63) is 56.7 Å². The van der Waals surface area contributed by atoms with Crippen molar-refractivity contribution in [3.8, 4) is 0 Å². The predicted octanol–water partition coefficient (Wildman–Crippen LogP) is 4.62. The zero-order chi connectivity index (χ0) is 18.7. The molecule has 0 spiro atoms. The van der Waals surface area contributed by atoms with Crippen LogP contribution in [0.4, 0.5) is 9.59 Å². The van der Waals surface area contributed by atoms with Crippen LogP contribution in [0.15, 0.2) is 41.1 Å². The van der Waals surface area contributed by atoms with E-state index in [4.69, 9.17) is 37.8 Å². The average Bonchev–Trinajstić information content (AvgIpc) is 2.54. The van der Waals surface area contributed by atoms with Crippen molar-refractivity contribution in [3.63, 3.8) is 0 Å². The summed E-state index contributed by atoms with van der Waals surface area (Å²) in [6, 6.07) is 4.86. The van der Waals surface area contributed by atoms with Crippen molar-refractivity contribution in [2.75, 3.05) is 7.11 Å². The molecule has 134 valence electrons. The summed E-state index contributed by atoms with van der Waals surface area (Å²) in [5, 5.41) is 12.4. The number of hydrogen-bond acceptors (Lipinski definition) is 6. The Kier molecular flexibility index (Phi) is 5.81. The molecule has 0 aromatic heterocycles. The van der Waals surface area contributed by atoms with Gasteiger partial charge in [0.15, 0.2) is 0 Å². The highest BCUT2D eigenvalue weighted by Gasteiger charge is 2.36. The van der Waals surface area contributed by atoms with Crippen LogP contribution >= 0.6 is 23.2 Å². The third kappa shape index (κ3) is 4.00. The molecule has 2 rings (SSSR count). The van der Waals surface area contributed by atoms with Crippen molar-refractivity contribution in [2.45, 2.75) is 19.8 Å². The van der Waals surface area contributed by atoms with Gasteiger partial charge in [0, 0.05) is 0 Å². The molecule has 0 amide bonds. The summed E-state index contributed by atoms with van der Waals surface area (Å²) >= 11 is 12.4. The first-order valence-electron chi connectivity index (χ1n) is 7.05. The van der Waals surface area contributed by atoms with Crippen LogP contribution in [-0.4, -0.2) is 24.5 Å². The second kappa shape index (κ2) is 7.67. The van der Waals surface area contributed by atoms with Gasteiger partial charge in [-0.15, -0.1) is 0 Å². The van der Waals surface area contributed by atoms with Gasteiger partial charge in [-0.2, -0.15) is 0 Å². The smallest absolute Gasteiger partial charge is 0.449 e. The van der Waals surface area contributed by atoms with Crippen molar-refractivity contribution >= 4 is 35.5 Å². The van der Waals surface area contributed by atoms with Gasteiger partial charge in [-0.1, -0.05) is 35.3 Å². The first-order valence-corrected chi connectivity index (χ1v) is 7.80. The molecule has 25 heavy (non-hydrogen) atoms. The van der Waals surface area contributed by atoms with Gasteiger partial charge in [-0.25, -0.2) is 9.59 Å². The fraction of sp³-hybridized carbons (Fsp3) is 0.250. The van der Waals surface area contributed by atoms with Crippen LogP contribution in [0.2, 0.25) is 10.0 Å². The summed E-state index contributed by atoms with van der Waals surface area (Å²) in [4.78, 5) is 22.7. The molecule has 1 aromatic rings. The highest BCUT2D eigenvalue weighted by Crippen LogP contribution is 2.43. The summed E-state index contributed by atoms with van der Waals surface area (Å²) in [6.07, 6.45) is -2.48. The molecule has 0 saturated carbocycles. The topological polar surface area (TPSA) is 94.1 Å². The number of carbonyl (C=O) groups excluding carboxylic acids is 1. The number of nitrogens with one attached hydrogen (secondary N) is 1. The molecule has 0 saturated heterocycles. The maximum atomic E-state index is 11.6. The zero-order valence-electron chi connectivity index (χ0n) is 13.6. The Morgan fingerprint density at radius 3 is 2.28 bits per heavy atom. The lowest BCUT2D eigenvalue weighted by Gasteiger charge is -2.30. The number of ether oxygens (including phenoxy) is 3. The minimum Gasteiger partial charge on any atom is -0.449 e. The number of allylic oxidation sites excluding steroid dienone is 2. The molecule has 0 fully saturated rings. The molecule has 1 atom stereocenters. The third-order valence-electron chi connectivity index (χ3n) is 3.49. The molecular formula is C16H15Cl2NO6. The molecule has 0 bridgehead atoms. The molecule has 2 N–H and O–H groups in total. The van der Waals surface area contributed by atoms with Crippen LogP contribution in [0.5, 0.6) is 0 Å². The van der Waals surface area contributed by atoms with E-state index in [0.29, 0.717) is 17.0 Å². The second-order valence-corrected chi connectivity index (χ2v) is 5.89. The Hall–Kier alpha value is -2.38. The van der Waals surface area contributed by atoms with E-state index in [1.165, 1.54) is 0 Å². The lowest BCUT2D eigenvalue weighted by molar-refractivity contribution is 0.0848. The van der Waals surface area contributed by atoms with Crippen LogP contribution in [0.25, 0.3) is 0 Å². The summed E-state index contributed by atoms with van der Waals surface area (Å²) in [6.45, 7) is 3.28. The first kappa shape index (κ1) is 19.0. The molecule has 0 radical (unpaired) electrons. The normalized spacial score (nSPS) is 17.1. The lowest BCUT2D eigenvalue weighted by Crippen LogP contribution is -2.29. The monoisotopic (exact) mass is 387 g/mol. The molecular weight excluding hydrogens is 373 g/mol. The summed E-state index contributed by atoms with van der Waals surface area (Å²) in [7, 11) is 1.16. The van der Waals surface area contributed by atoms with Gasteiger partial charge in [-0.05, 0) is 25.5 Å². The number of carboxylic acid groups (broad SMARTS) is 1.